The van der Waals surface area contributed by atoms with Crippen LogP contribution in [0.25, 0.3) is 0 Å². The first-order chi connectivity index (χ1) is 9.13. The highest BCUT2D eigenvalue weighted by molar-refractivity contribution is 9.10. The molecule has 0 bridgehead atoms. The Morgan fingerprint density at radius 2 is 2.21 bits per heavy atom. The molecule has 0 radical (unpaired) electrons. The molecule has 0 amide bonds. The number of hydrogen-bond donors (Lipinski definition) is 2. The van der Waals surface area contributed by atoms with Crippen molar-refractivity contribution in [3.63, 3.8) is 0 Å². The molecule has 0 saturated heterocycles. The smallest absolute Gasteiger partial charge is 0.129 e. The summed E-state index contributed by atoms with van der Waals surface area (Å²) in [5.41, 5.74) is 3.97. The van der Waals surface area contributed by atoms with Crippen LogP contribution in [0.3, 0.4) is 0 Å². The number of nitrogens with two attached hydrogens (primary N) is 1. The Kier molecular flexibility index (Phi) is 4.87. The lowest BCUT2D eigenvalue weighted by Crippen LogP contribution is -2.30. The van der Waals surface area contributed by atoms with Crippen LogP contribution >= 0.6 is 27.5 Å². The van der Waals surface area contributed by atoms with Crippen LogP contribution in [-0.2, 0) is 6.42 Å². The van der Waals surface area contributed by atoms with Gasteiger partial charge in [0.2, 0.25) is 0 Å². The molecule has 2 aromatic rings. The molecular weight excluding hydrogens is 333 g/mol. The molecule has 3 N–H and O–H groups in total. The lowest BCUT2D eigenvalue weighted by Gasteiger charge is -2.19. The monoisotopic (exact) mass is 343 g/mol. The van der Waals surface area contributed by atoms with E-state index in [1.54, 1.807) is 30.6 Å². The largest absolute Gasteiger partial charge is 0.271 e. The lowest BCUT2D eigenvalue weighted by atomic mass is 9.99. The fourth-order valence-corrected chi connectivity index (χ4v) is 2.69. The average Bonchev–Trinajstić information content (AvgIpc) is 2.39. The molecule has 1 aromatic carbocycles. The normalized spacial score (nSPS) is 12.4. The molecule has 0 saturated carbocycles. The van der Waals surface area contributed by atoms with Crippen molar-refractivity contribution < 1.29 is 4.39 Å². The highest BCUT2D eigenvalue weighted by Gasteiger charge is 2.19. The summed E-state index contributed by atoms with van der Waals surface area (Å²) in [6.45, 7) is 0. The summed E-state index contributed by atoms with van der Waals surface area (Å²) in [6, 6.07) is 6.22. The van der Waals surface area contributed by atoms with E-state index in [-0.39, 0.29) is 11.9 Å². The molecule has 19 heavy (non-hydrogen) atoms. The summed E-state index contributed by atoms with van der Waals surface area (Å²) < 4.78 is 14.6. The van der Waals surface area contributed by atoms with Crippen LogP contribution in [-0.4, -0.2) is 4.98 Å². The molecule has 100 valence electrons. The second-order valence-corrected chi connectivity index (χ2v) is 5.29. The highest BCUT2D eigenvalue weighted by atomic mass is 79.9. The van der Waals surface area contributed by atoms with Crippen LogP contribution in [0.2, 0.25) is 5.02 Å². The highest BCUT2D eigenvalue weighted by Crippen LogP contribution is 2.29. The predicted molar refractivity (Wildman–Crippen MR) is 77.1 cm³/mol. The number of halogens is 3. The average molecular weight is 345 g/mol. The molecule has 1 atom stereocenters. The molecule has 0 aliphatic carbocycles. The van der Waals surface area contributed by atoms with Gasteiger partial charge in [0.1, 0.15) is 5.82 Å². The second kappa shape index (κ2) is 6.43. The van der Waals surface area contributed by atoms with E-state index < -0.39 is 0 Å². The third-order valence-corrected chi connectivity index (χ3v) is 3.86. The Balaban J connectivity index is 2.34. The molecule has 3 nitrogen and oxygen atoms in total. The van der Waals surface area contributed by atoms with Crippen molar-refractivity contribution >= 4 is 27.5 Å². The van der Waals surface area contributed by atoms with Gasteiger partial charge < -0.3 is 0 Å². The van der Waals surface area contributed by atoms with E-state index >= 15 is 0 Å². The molecule has 1 aromatic heterocycles. The molecule has 0 aliphatic heterocycles. The topological polar surface area (TPSA) is 50.9 Å². The Hall–Kier alpha value is -1.01. The predicted octanol–water partition coefficient (Wildman–Crippen LogP) is 3.38. The maximum absolute atomic E-state index is 13.9. The van der Waals surface area contributed by atoms with Crippen molar-refractivity contribution in [2.75, 3.05) is 0 Å². The Morgan fingerprint density at radius 3 is 2.84 bits per heavy atom. The number of rotatable bonds is 4. The van der Waals surface area contributed by atoms with Gasteiger partial charge in [-0.05, 0) is 30.2 Å². The minimum absolute atomic E-state index is 0.317. The Bertz CT molecular complexity index is 559. The maximum Gasteiger partial charge on any atom is 0.129 e. The third-order valence-electron chi connectivity index (χ3n) is 2.83. The van der Waals surface area contributed by atoms with Gasteiger partial charge in [-0.2, -0.15) is 0 Å². The SMILES string of the molecule is NNC(Cc1ccncc1Cl)c1c(F)cccc1Br. The molecule has 2 rings (SSSR count). The minimum atomic E-state index is -0.379. The first-order valence-electron chi connectivity index (χ1n) is 5.62. The van der Waals surface area contributed by atoms with E-state index in [0.717, 1.165) is 5.56 Å². The standard InChI is InChI=1S/C13H12BrClFN3/c14-9-2-1-3-11(16)13(9)12(19-17)6-8-4-5-18-7-10(8)15/h1-5,7,12,19H,6,17H2. The Morgan fingerprint density at radius 1 is 1.42 bits per heavy atom. The van der Waals surface area contributed by atoms with Crippen LogP contribution in [0.4, 0.5) is 4.39 Å². The molecule has 1 heterocycles. The number of benzene rings is 1. The summed E-state index contributed by atoms with van der Waals surface area (Å²) in [5, 5.41) is 0.537. The van der Waals surface area contributed by atoms with Crippen molar-refractivity contribution in [2.45, 2.75) is 12.5 Å². The van der Waals surface area contributed by atoms with E-state index in [0.29, 0.717) is 21.5 Å². The first-order valence-corrected chi connectivity index (χ1v) is 6.79. The zero-order chi connectivity index (χ0) is 13.8. The quantitative estimate of drug-likeness (QED) is 0.660. The molecule has 1 unspecified atom stereocenters. The number of pyridine rings is 1. The summed E-state index contributed by atoms with van der Waals surface area (Å²) in [4.78, 5) is 3.92. The number of hydrazine groups is 1. The van der Waals surface area contributed by atoms with Gasteiger partial charge in [0.25, 0.3) is 0 Å². The fraction of sp³-hybridized carbons (Fsp3) is 0.154. The molecule has 6 heteroatoms. The third kappa shape index (κ3) is 3.30. The van der Waals surface area contributed by atoms with E-state index in [1.165, 1.54) is 6.07 Å². The van der Waals surface area contributed by atoms with E-state index in [1.807, 2.05) is 0 Å². The zero-order valence-corrected chi connectivity index (χ0v) is 12.2. The van der Waals surface area contributed by atoms with E-state index in [9.17, 15) is 4.39 Å². The number of hydrogen-bond acceptors (Lipinski definition) is 3. The van der Waals surface area contributed by atoms with Crippen molar-refractivity contribution in [1.29, 1.82) is 0 Å². The van der Waals surface area contributed by atoms with Crippen molar-refractivity contribution in [3.05, 3.63) is 63.1 Å². The molecular formula is C13H12BrClFN3. The van der Waals surface area contributed by atoms with Gasteiger partial charge in [-0.3, -0.25) is 16.3 Å². The number of nitrogens with zero attached hydrogens (tertiary/aromatic N) is 1. The summed E-state index contributed by atoms with van der Waals surface area (Å²) in [6.07, 6.45) is 3.67. The fourth-order valence-electron chi connectivity index (χ4n) is 1.88. The van der Waals surface area contributed by atoms with Crippen LogP contribution < -0.4 is 11.3 Å². The van der Waals surface area contributed by atoms with Gasteiger partial charge in [0.15, 0.2) is 0 Å². The number of aromatic nitrogens is 1. The van der Waals surface area contributed by atoms with Gasteiger partial charge in [-0.15, -0.1) is 0 Å². The van der Waals surface area contributed by atoms with Gasteiger partial charge >= 0.3 is 0 Å². The van der Waals surface area contributed by atoms with Crippen LogP contribution in [0.1, 0.15) is 17.2 Å². The van der Waals surface area contributed by atoms with E-state index in [2.05, 4.69) is 26.3 Å². The number of nitrogens with one attached hydrogen (secondary N) is 1. The van der Waals surface area contributed by atoms with E-state index in [4.69, 9.17) is 17.4 Å². The van der Waals surface area contributed by atoms with Crippen LogP contribution in [0, 0.1) is 5.82 Å². The molecule has 0 fully saturated rings. The van der Waals surface area contributed by atoms with Gasteiger partial charge in [-0.25, -0.2) is 4.39 Å². The lowest BCUT2D eigenvalue weighted by molar-refractivity contribution is 0.508. The zero-order valence-electron chi connectivity index (χ0n) is 9.91. The molecule has 0 spiro atoms. The first kappa shape index (κ1) is 14.4. The van der Waals surface area contributed by atoms with Crippen molar-refractivity contribution in [2.24, 2.45) is 5.84 Å². The Labute approximate surface area is 124 Å². The molecule has 0 aliphatic rings. The summed E-state index contributed by atoms with van der Waals surface area (Å²) in [5.74, 6) is 5.23. The summed E-state index contributed by atoms with van der Waals surface area (Å²) >= 11 is 9.40. The van der Waals surface area contributed by atoms with Crippen LogP contribution in [0.15, 0.2) is 41.1 Å². The van der Waals surface area contributed by atoms with Crippen molar-refractivity contribution in [3.8, 4) is 0 Å². The van der Waals surface area contributed by atoms with Crippen LogP contribution in [0.5, 0.6) is 0 Å². The minimum Gasteiger partial charge on any atom is -0.271 e. The summed E-state index contributed by atoms with van der Waals surface area (Å²) in [7, 11) is 0. The second-order valence-electron chi connectivity index (χ2n) is 4.03. The van der Waals surface area contributed by atoms with Gasteiger partial charge in [0.05, 0.1) is 11.1 Å². The maximum atomic E-state index is 13.9. The van der Waals surface area contributed by atoms with Gasteiger partial charge in [0, 0.05) is 22.4 Å². The van der Waals surface area contributed by atoms with Gasteiger partial charge in [-0.1, -0.05) is 33.6 Å². The van der Waals surface area contributed by atoms with Crippen molar-refractivity contribution in [1.82, 2.24) is 10.4 Å².